The second kappa shape index (κ2) is 8.41. The molecule has 0 fully saturated rings. The van der Waals surface area contributed by atoms with Crippen LogP contribution in [0.3, 0.4) is 0 Å². The van der Waals surface area contributed by atoms with Crippen LogP contribution in [0.5, 0.6) is 5.75 Å². The summed E-state index contributed by atoms with van der Waals surface area (Å²) in [5, 5.41) is 1.02. The predicted octanol–water partition coefficient (Wildman–Crippen LogP) is 5.55. The van der Waals surface area contributed by atoms with E-state index in [1.54, 1.807) is 36.3 Å². The number of nitrogens with zero attached hydrogens (tertiary/aromatic N) is 1. The van der Waals surface area contributed by atoms with Gasteiger partial charge in [0.15, 0.2) is 5.43 Å². The van der Waals surface area contributed by atoms with E-state index in [0.717, 1.165) is 22.4 Å². The molecule has 1 aliphatic rings. The van der Waals surface area contributed by atoms with E-state index in [1.165, 1.54) is 0 Å². The summed E-state index contributed by atoms with van der Waals surface area (Å²) in [6.07, 6.45) is 0.619. The average Bonchev–Trinajstić information content (AvgIpc) is 3.10. The van der Waals surface area contributed by atoms with Crippen LogP contribution in [0, 0.1) is 6.92 Å². The molecule has 1 aliphatic heterocycles. The highest BCUT2D eigenvalue weighted by atomic mass is 35.5. The van der Waals surface area contributed by atoms with Gasteiger partial charge in [0.25, 0.3) is 5.91 Å². The molecule has 2 heterocycles. The van der Waals surface area contributed by atoms with Gasteiger partial charge in [-0.2, -0.15) is 0 Å². The second-order valence-electron chi connectivity index (χ2n) is 8.23. The SMILES string of the molecule is COc1ccc(CCN2C(=O)c3oc4ccc(C)cc4c(=O)c3[C@H]2c2cccc(Cl)c2)cc1. The molecule has 5 rings (SSSR count). The van der Waals surface area contributed by atoms with E-state index in [9.17, 15) is 9.59 Å². The number of hydrogen-bond acceptors (Lipinski definition) is 4. The number of amides is 1. The van der Waals surface area contributed by atoms with Crippen LogP contribution in [0.4, 0.5) is 0 Å². The third kappa shape index (κ3) is 3.79. The largest absolute Gasteiger partial charge is 0.497 e. The fourth-order valence-corrected chi connectivity index (χ4v) is 4.63. The van der Waals surface area contributed by atoms with Crippen molar-refractivity contribution in [2.45, 2.75) is 19.4 Å². The first-order valence-electron chi connectivity index (χ1n) is 10.7. The Morgan fingerprint density at radius 1 is 1.03 bits per heavy atom. The van der Waals surface area contributed by atoms with Crippen molar-refractivity contribution in [3.8, 4) is 5.75 Å². The van der Waals surface area contributed by atoms with Gasteiger partial charge in [0.1, 0.15) is 11.3 Å². The Morgan fingerprint density at radius 3 is 2.55 bits per heavy atom. The molecule has 0 unspecified atom stereocenters. The first kappa shape index (κ1) is 21.3. The van der Waals surface area contributed by atoms with Crippen LogP contribution in [0.15, 0.2) is 75.9 Å². The number of halogens is 1. The standard InChI is InChI=1S/C27H22ClNO4/c1-16-6-11-22-21(14-16)25(30)23-24(18-4-3-5-19(28)15-18)29(27(31)26(23)33-22)13-12-17-7-9-20(32-2)10-8-17/h3-11,14-15,24H,12-13H2,1-2H3/t24-/m1/s1. The third-order valence-electron chi connectivity index (χ3n) is 6.09. The van der Waals surface area contributed by atoms with E-state index < -0.39 is 6.04 Å². The Labute approximate surface area is 196 Å². The Balaban J connectivity index is 1.61. The van der Waals surface area contributed by atoms with Gasteiger partial charge in [-0.1, -0.05) is 47.5 Å². The summed E-state index contributed by atoms with van der Waals surface area (Å²) in [4.78, 5) is 28.8. The summed E-state index contributed by atoms with van der Waals surface area (Å²) < 4.78 is 11.2. The van der Waals surface area contributed by atoms with Crippen molar-refractivity contribution in [1.29, 1.82) is 0 Å². The maximum Gasteiger partial charge on any atom is 0.290 e. The number of fused-ring (bicyclic) bond motifs is 2. The zero-order chi connectivity index (χ0) is 23.1. The first-order valence-corrected chi connectivity index (χ1v) is 11.1. The monoisotopic (exact) mass is 459 g/mol. The molecule has 33 heavy (non-hydrogen) atoms. The maximum atomic E-state index is 13.6. The molecule has 4 aromatic rings. The number of benzene rings is 3. The number of ether oxygens (including phenoxy) is 1. The molecular weight excluding hydrogens is 438 g/mol. The molecule has 0 aliphatic carbocycles. The highest BCUT2D eigenvalue weighted by Gasteiger charge is 2.42. The van der Waals surface area contributed by atoms with Gasteiger partial charge in [0.05, 0.1) is 24.1 Å². The smallest absolute Gasteiger partial charge is 0.290 e. The van der Waals surface area contributed by atoms with E-state index in [0.29, 0.717) is 34.5 Å². The second-order valence-corrected chi connectivity index (χ2v) is 8.66. The van der Waals surface area contributed by atoms with Crippen molar-refractivity contribution in [1.82, 2.24) is 4.90 Å². The molecule has 1 atom stereocenters. The van der Waals surface area contributed by atoms with Crippen molar-refractivity contribution >= 4 is 28.5 Å². The molecule has 1 amide bonds. The number of methoxy groups -OCH3 is 1. The molecular formula is C27H22ClNO4. The molecule has 3 aromatic carbocycles. The number of carbonyl (C=O) groups excluding carboxylic acids is 1. The molecule has 0 saturated carbocycles. The van der Waals surface area contributed by atoms with Crippen LogP contribution in [-0.2, 0) is 6.42 Å². The lowest BCUT2D eigenvalue weighted by Gasteiger charge is -2.25. The van der Waals surface area contributed by atoms with Gasteiger partial charge in [-0.05, 0) is 60.9 Å². The number of aryl methyl sites for hydroxylation is 1. The number of rotatable bonds is 5. The Kier molecular flexibility index (Phi) is 5.43. The van der Waals surface area contributed by atoms with Crippen molar-refractivity contribution < 1.29 is 13.9 Å². The van der Waals surface area contributed by atoms with Crippen LogP contribution < -0.4 is 10.2 Å². The molecule has 0 bridgehead atoms. The van der Waals surface area contributed by atoms with Gasteiger partial charge in [0.2, 0.25) is 5.76 Å². The Bertz CT molecular complexity index is 1420. The molecule has 166 valence electrons. The van der Waals surface area contributed by atoms with Crippen LogP contribution in [0.1, 0.15) is 38.9 Å². The Hall–Kier alpha value is -3.57. The zero-order valence-corrected chi connectivity index (χ0v) is 19.1. The minimum atomic E-state index is -0.564. The minimum Gasteiger partial charge on any atom is -0.497 e. The highest BCUT2D eigenvalue weighted by Crippen LogP contribution is 2.39. The minimum absolute atomic E-state index is 0.107. The lowest BCUT2D eigenvalue weighted by molar-refractivity contribution is 0.0730. The number of hydrogen-bond donors (Lipinski definition) is 0. The molecule has 0 spiro atoms. The van der Waals surface area contributed by atoms with E-state index >= 15 is 0 Å². The summed E-state index contributed by atoms with van der Waals surface area (Å²) >= 11 is 6.27. The number of carbonyl (C=O) groups is 1. The molecule has 0 N–H and O–H groups in total. The summed E-state index contributed by atoms with van der Waals surface area (Å²) in [6.45, 7) is 2.34. The van der Waals surface area contributed by atoms with Crippen LogP contribution in [-0.4, -0.2) is 24.5 Å². The lowest BCUT2D eigenvalue weighted by atomic mass is 9.98. The molecule has 6 heteroatoms. The van der Waals surface area contributed by atoms with E-state index in [1.807, 2.05) is 49.4 Å². The first-order chi connectivity index (χ1) is 16.0. The normalized spacial score (nSPS) is 15.2. The molecule has 1 aromatic heterocycles. The predicted molar refractivity (Wildman–Crippen MR) is 128 cm³/mol. The topological polar surface area (TPSA) is 59.8 Å². The van der Waals surface area contributed by atoms with Gasteiger partial charge >= 0.3 is 0 Å². The average molecular weight is 460 g/mol. The summed E-state index contributed by atoms with van der Waals surface area (Å²) in [5.41, 5.74) is 3.40. The van der Waals surface area contributed by atoms with E-state index in [4.69, 9.17) is 20.8 Å². The third-order valence-corrected chi connectivity index (χ3v) is 6.32. The van der Waals surface area contributed by atoms with E-state index in [-0.39, 0.29) is 17.1 Å². The van der Waals surface area contributed by atoms with Crippen LogP contribution in [0.2, 0.25) is 5.02 Å². The van der Waals surface area contributed by atoms with Crippen molar-refractivity contribution in [3.63, 3.8) is 0 Å². The van der Waals surface area contributed by atoms with Gasteiger partial charge in [0, 0.05) is 11.6 Å². The molecule has 0 radical (unpaired) electrons. The van der Waals surface area contributed by atoms with Gasteiger partial charge in [-0.15, -0.1) is 0 Å². The zero-order valence-electron chi connectivity index (χ0n) is 18.3. The molecule has 0 saturated heterocycles. The molecule has 5 nitrogen and oxygen atoms in total. The quantitative estimate of drug-likeness (QED) is 0.392. The summed E-state index contributed by atoms with van der Waals surface area (Å²) in [7, 11) is 1.63. The lowest BCUT2D eigenvalue weighted by Crippen LogP contribution is -2.31. The van der Waals surface area contributed by atoms with Crippen LogP contribution >= 0.6 is 11.6 Å². The highest BCUT2D eigenvalue weighted by molar-refractivity contribution is 6.30. The summed E-state index contributed by atoms with van der Waals surface area (Å²) in [6, 6.07) is 19.9. The van der Waals surface area contributed by atoms with Crippen molar-refractivity contribution in [2.75, 3.05) is 13.7 Å². The van der Waals surface area contributed by atoms with Crippen LogP contribution in [0.25, 0.3) is 11.0 Å². The van der Waals surface area contributed by atoms with Gasteiger partial charge in [-0.25, -0.2) is 0 Å². The Morgan fingerprint density at radius 2 is 1.82 bits per heavy atom. The fourth-order valence-electron chi connectivity index (χ4n) is 4.43. The fraction of sp³-hybridized carbons (Fsp3) is 0.185. The maximum absolute atomic E-state index is 13.6. The van der Waals surface area contributed by atoms with Gasteiger partial charge in [-0.3, -0.25) is 9.59 Å². The van der Waals surface area contributed by atoms with Crippen molar-refractivity contribution in [3.05, 3.63) is 110 Å². The van der Waals surface area contributed by atoms with Gasteiger partial charge < -0.3 is 14.1 Å². The van der Waals surface area contributed by atoms with E-state index in [2.05, 4.69) is 0 Å². The van der Waals surface area contributed by atoms with Crippen molar-refractivity contribution in [2.24, 2.45) is 0 Å². The summed E-state index contributed by atoms with van der Waals surface area (Å²) in [5.74, 6) is 0.594.